The molecule has 3 rings (SSSR count). The van der Waals surface area contributed by atoms with Crippen LogP contribution in [0.25, 0.3) is 0 Å². The number of halogens is 1. The van der Waals surface area contributed by atoms with Crippen molar-refractivity contribution in [3.63, 3.8) is 0 Å². The minimum absolute atomic E-state index is 0.0503. The van der Waals surface area contributed by atoms with Crippen LogP contribution in [0.1, 0.15) is 12.8 Å². The zero-order chi connectivity index (χ0) is 17.2. The molecule has 1 N–H and O–H groups in total. The maximum Gasteiger partial charge on any atom is 0.246 e. The minimum Gasteiger partial charge on any atom is -0.324 e. The van der Waals surface area contributed by atoms with Crippen LogP contribution in [0.3, 0.4) is 0 Å². The van der Waals surface area contributed by atoms with Crippen LogP contribution in [0.5, 0.6) is 0 Å². The van der Waals surface area contributed by atoms with E-state index in [9.17, 15) is 13.2 Å². The zero-order valence-corrected chi connectivity index (χ0v) is 15.3. The average molecular weight is 413 g/mol. The van der Waals surface area contributed by atoms with Crippen LogP contribution in [0.4, 0.5) is 5.69 Å². The summed E-state index contributed by atoms with van der Waals surface area (Å²) in [6, 6.07) is 6.33. The van der Waals surface area contributed by atoms with E-state index in [2.05, 4.69) is 26.3 Å². The van der Waals surface area contributed by atoms with Crippen LogP contribution >= 0.6 is 15.9 Å². The van der Waals surface area contributed by atoms with Gasteiger partial charge in [-0.15, -0.1) is 0 Å². The quantitative estimate of drug-likeness (QED) is 0.814. The predicted molar refractivity (Wildman–Crippen MR) is 93.0 cm³/mol. The number of anilines is 1. The largest absolute Gasteiger partial charge is 0.324 e. The number of rotatable bonds is 5. The second-order valence-corrected chi connectivity index (χ2v) is 8.40. The Labute approximate surface area is 148 Å². The lowest BCUT2D eigenvalue weighted by atomic mass is 10.3. The molecule has 24 heavy (non-hydrogen) atoms. The highest BCUT2D eigenvalue weighted by molar-refractivity contribution is 9.10. The molecule has 1 aromatic carbocycles. The van der Waals surface area contributed by atoms with E-state index in [1.165, 1.54) is 15.1 Å². The number of hydrogen-bond acceptors (Lipinski definition) is 4. The molecule has 1 aliphatic heterocycles. The Balaban J connectivity index is 1.72. The van der Waals surface area contributed by atoms with E-state index in [1.54, 1.807) is 30.6 Å². The molecule has 2 aromatic rings. The summed E-state index contributed by atoms with van der Waals surface area (Å²) in [7, 11) is -3.49. The van der Waals surface area contributed by atoms with Crippen LogP contribution in [0.2, 0.25) is 0 Å². The van der Waals surface area contributed by atoms with Gasteiger partial charge in [0.05, 0.1) is 15.6 Å². The second kappa shape index (κ2) is 7.04. The van der Waals surface area contributed by atoms with Gasteiger partial charge in [0.1, 0.15) is 6.54 Å². The van der Waals surface area contributed by atoms with Crippen LogP contribution in [0.15, 0.2) is 46.0 Å². The van der Waals surface area contributed by atoms with Crippen molar-refractivity contribution >= 4 is 37.5 Å². The molecule has 1 aliphatic rings. The van der Waals surface area contributed by atoms with Crippen LogP contribution in [-0.2, 0) is 21.4 Å². The molecule has 1 amide bonds. The summed E-state index contributed by atoms with van der Waals surface area (Å²) in [6.45, 7) is 1.15. The molecule has 1 saturated heterocycles. The van der Waals surface area contributed by atoms with E-state index >= 15 is 0 Å². The smallest absolute Gasteiger partial charge is 0.246 e. The van der Waals surface area contributed by atoms with Gasteiger partial charge in [-0.2, -0.15) is 9.40 Å². The molecule has 0 unspecified atom stereocenters. The van der Waals surface area contributed by atoms with Crippen molar-refractivity contribution in [3.05, 3.63) is 41.1 Å². The van der Waals surface area contributed by atoms with Gasteiger partial charge in [-0.1, -0.05) is 6.07 Å². The topological polar surface area (TPSA) is 84.3 Å². The lowest BCUT2D eigenvalue weighted by Crippen LogP contribution is -2.28. The SMILES string of the molecule is O=C(Cn1cc(Br)cn1)Nc1cccc(S(=O)(=O)N2CCCC2)c1. The Morgan fingerprint density at radius 1 is 1.29 bits per heavy atom. The molecule has 0 atom stereocenters. The van der Waals surface area contributed by atoms with Crippen molar-refractivity contribution in [2.75, 3.05) is 18.4 Å². The number of carbonyl (C=O) groups is 1. The van der Waals surface area contributed by atoms with E-state index in [-0.39, 0.29) is 17.3 Å². The maximum absolute atomic E-state index is 12.6. The lowest BCUT2D eigenvalue weighted by molar-refractivity contribution is -0.116. The van der Waals surface area contributed by atoms with Gasteiger partial charge in [-0.25, -0.2) is 8.42 Å². The monoisotopic (exact) mass is 412 g/mol. The molecule has 128 valence electrons. The summed E-state index contributed by atoms with van der Waals surface area (Å²) in [5.74, 6) is -0.277. The number of aromatic nitrogens is 2. The summed E-state index contributed by atoms with van der Waals surface area (Å²) in [6.07, 6.45) is 5.05. The van der Waals surface area contributed by atoms with Crippen LogP contribution in [-0.4, -0.2) is 41.5 Å². The molecule has 0 radical (unpaired) electrons. The summed E-state index contributed by atoms with van der Waals surface area (Å²) >= 11 is 3.27. The van der Waals surface area contributed by atoms with Crippen LogP contribution in [0, 0.1) is 0 Å². The van der Waals surface area contributed by atoms with Crippen molar-refractivity contribution in [2.24, 2.45) is 0 Å². The molecule has 1 fully saturated rings. The number of carbonyl (C=O) groups excluding carboxylic acids is 1. The van der Waals surface area contributed by atoms with Gasteiger partial charge in [0.25, 0.3) is 0 Å². The molecule has 0 bridgehead atoms. The second-order valence-electron chi connectivity index (χ2n) is 5.54. The number of sulfonamides is 1. The first-order chi connectivity index (χ1) is 11.4. The summed E-state index contributed by atoms with van der Waals surface area (Å²) in [5.41, 5.74) is 0.450. The fourth-order valence-corrected chi connectivity index (χ4v) is 4.48. The normalized spacial score (nSPS) is 15.5. The third-order valence-corrected chi connectivity index (χ3v) is 6.03. The maximum atomic E-state index is 12.6. The van der Waals surface area contributed by atoms with Crippen LogP contribution < -0.4 is 5.32 Å². The third kappa shape index (κ3) is 3.85. The van der Waals surface area contributed by atoms with Gasteiger partial charge in [0, 0.05) is 25.0 Å². The van der Waals surface area contributed by atoms with Crippen molar-refractivity contribution in [1.29, 1.82) is 0 Å². The highest BCUT2D eigenvalue weighted by atomic mass is 79.9. The molecule has 1 aromatic heterocycles. The van der Waals surface area contributed by atoms with E-state index in [4.69, 9.17) is 0 Å². The van der Waals surface area contributed by atoms with Gasteiger partial charge < -0.3 is 5.32 Å². The molecule has 0 saturated carbocycles. The molecule has 0 spiro atoms. The van der Waals surface area contributed by atoms with Crippen molar-refractivity contribution in [3.8, 4) is 0 Å². The molecular weight excluding hydrogens is 396 g/mol. The number of nitrogens with one attached hydrogen (secondary N) is 1. The first-order valence-corrected chi connectivity index (χ1v) is 9.76. The van der Waals surface area contributed by atoms with E-state index in [0.717, 1.165) is 17.3 Å². The fourth-order valence-electron chi connectivity index (χ4n) is 2.58. The molecule has 7 nitrogen and oxygen atoms in total. The summed E-state index contributed by atoms with van der Waals surface area (Å²) < 4.78 is 28.9. The molecular formula is C15H17BrN4O3S. The Bertz CT molecular complexity index is 844. The van der Waals surface area contributed by atoms with Gasteiger partial charge in [-0.3, -0.25) is 9.48 Å². The summed E-state index contributed by atoms with van der Waals surface area (Å²) in [5, 5.41) is 6.72. The number of amides is 1. The number of nitrogens with zero attached hydrogens (tertiary/aromatic N) is 3. The minimum atomic E-state index is -3.49. The standard InChI is InChI=1S/C15H17BrN4O3S/c16-12-9-17-19(10-12)11-15(21)18-13-4-3-5-14(8-13)24(22,23)20-6-1-2-7-20/h3-5,8-10H,1-2,6-7,11H2,(H,18,21). The molecule has 2 heterocycles. The van der Waals surface area contributed by atoms with Gasteiger partial charge in [0.2, 0.25) is 15.9 Å². The highest BCUT2D eigenvalue weighted by Gasteiger charge is 2.27. The fraction of sp³-hybridized carbons (Fsp3) is 0.333. The Hall–Kier alpha value is -1.71. The van der Waals surface area contributed by atoms with Gasteiger partial charge >= 0.3 is 0 Å². The van der Waals surface area contributed by atoms with Gasteiger partial charge in [0.15, 0.2) is 0 Å². The number of benzene rings is 1. The molecule has 0 aliphatic carbocycles. The lowest BCUT2D eigenvalue weighted by Gasteiger charge is -2.16. The van der Waals surface area contributed by atoms with Crippen molar-refractivity contribution in [1.82, 2.24) is 14.1 Å². The average Bonchev–Trinajstić information content (AvgIpc) is 3.19. The third-order valence-electron chi connectivity index (χ3n) is 3.73. The predicted octanol–water partition coefficient (Wildman–Crippen LogP) is 2.07. The Morgan fingerprint density at radius 3 is 2.71 bits per heavy atom. The highest BCUT2D eigenvalue weighted by Crippen LogP contribution is 2.23. The van der Waals surface area contributed by atoms with Crippen molar-refractivity contribution in [2.45, 2.75) is 24.3 Å². The Morgan fingerprint density at radius 2 is 2.04 bits per heavy atom. The van der Waals surface area contributed by atoms with E-state index in [0.29, 0.717) is 18.8 Å². The van der Waals surface area contributed by atoms with Crippen molar-refractivity contribution < 1.29 is 13.2 Å². The van der Waals surface area contributed by atoms with E-state index in [1.807, 2.05) is 0 Å². The first-order valence-electron chi connectivity index (χ1n) is 7.53. The zero-order valence-electron chi connectivity index (χ0n) is 12.9. The first kappa shape index (κ1) is 17.1. The van der Waals surface area contributed by atoms with Gasteiger partial charge in [-0.05, 0) is 47.0 Å². The summed E-state index contributed by atoms with van der Waals surface area (Å²) in [4.78, 5) is 12.3. The van der Waals surface area contributed by atoms with E-state index < -0.39 is 10.0 Å². The molecule has 9 heteroatoms. The Kier molecular flexibility index (Phi) is 5.02. The number of hydrogen-bond donors (Lipinski definition) is 1.